The summed E-state index contributed by atoms with van der Waals surface area (Å²) in [6.07, 6.45) is 4.21. The van der Waals surface area contributed by atoms with Gasteiger partial charge in [0.2, 0.25) is 0 Å². The van der Waals surface area contributed by atoms with Gasteiger partial charge in [-0.05, 0) is 49.9 Å². The molecule has 182 valence electrons. The van der Waals surface area contributed by atoms with E-state index < -0.39 is 17.4 Å². The van der Waals surface area contributed by atoms with Crippen molar-refractivity contribution in [2.45, 2.75) is 37.0 Å². The zero-order valence-corrected chi connectivity index (χ0v) is 19.8. The average molecular weight is 512 g/mol. The number of nitrogens with zero attached hydrogens (tertiary/aromatic N) is 4. The van der Waals surface area contributed by atoms with Crippen molar-refractivity contribution < 1.29 is 18.3 Å². The highest BCUT2D eigenvalue weighted by Gasteiger charge is 2.51. The van der Waals surface area contributed by atoms with E-state index in [0.717, 1.165) is 0 Å². The first-order valence-corrected chi connectivity index (χ1v) is 10.6. The molecule has 2 fully saturated rings. The third-order valence-electron chi connectivity index (χ3n) is 6.23. The molecule has 2 aromatic heterocycles. The van der Waals surface area contributed by atoms with E-state index in [1.807, 2.05) is 6.07 Å². The Morgan fingerprint density at radius 2 is 1.76 bits per heavy atom. The summed E-state index contributed by atoms with van der Waals surface area (Å²) in [6, 6.07) is 13.4. The summed E-state index contributed by atoms with van der Waals surface area (Å²) in [7, 11) is 0. The van der Waals surface area contributed by atoms with Crippen LogP contribution in [0.5, 0.6) is 0 Å². The van der Waals surface area contributed by atoms with Crippen LogP contribution in [0.25, 0.3) is 5.69 Å². The van der Waals surface area contributed by atoms with Crippen molar-refractivity contribution in [3.8, 4) is 5.69 Å². The number of halogens is 4. The molecule has 1 aromatic carbocycles. The Morgan fingerprint density at radius 1 is 1.03 bits per heavy atom. The van der Waals surface area contributed by atoms with Gasteiger partial charge in [0.1, 0.15) is 34.4 Å². The molecule has 1 amide bonds. The largest absolute Gasteiger partial charge is 0.441 e. The number of carbonyl (C=O) groups excluding carboxylic acids is 1. The molecule has 0 radical (unpaired) electrons. The Balaban J connectivity index is 0.00000162. The number of amides is 1. The second-order valence-corrected chi connectivity index (χ2v) is 8.43. The lowest BCUT2D eigenvalue weighted by atomic mass is 9.77. The van der Waals surface area contributed by atoms with Gasteiger partial charge in [-0.1, -0.05) is 18.2 Å². The molecule has 1 saturated heterocycles. The number of rotatable bonds is 5. The predicted molar refractivity (Wildman–Crippen MR) is 130 cm³/mol. The van der Waals surface area contributed by atoms with Crippen molar-refractivity contribution in [1.82, 2.24) is 14.8 Å². The molecule has 34 heavy (non-hydrogen) atoms. The Morgan fingerprint density at radius 3 is 2.47 bits per heavy atom. The maximum Gasteiger partial charge on any atom is 0.416 e. The van der Waals surface area contributed by atoms with Crippen LogP contribution in [0.2, 0.25) is 0 Å². The lowest BCUT2D eigenvalue weighted by Crippen LogP contribution is -2.46. The van der Waals surface area contributed by atoms with Gasteiger partial charge in [0.25, 0.3) is 0 Å². The van der Waals surface area contributed by atoms with Gasteiger partial charge in [-0.3, -0.25) is 4.90 Å². The highest BCUT2D eigenvalue weighted by Crippen LogP contribution is 2.43. The number of pyridine rings is 1. The molecule has 7 nitrogen and oxygen atoms in total. The van der Waals surface area contributed by atoms with Crippen LogP contribution in [-0.4, -0.2) is 45.2 Å². The lowest BCUT2D eigenvalue weighted by molar-refractivity contribution is -0.0211. The number of para-hydroxylation sites is 1. The fourth-order valence-electron chi connectivity index (χ4n) is 4.34. The molecule has 0 bridgehead atoms. The zero-order chi connectivity index (χ0) is 22.2. The van der Waals surface area contributed by atoms with Gasteiger partial charge >= 0.3 is 6.09 Å². The molecule has 1 aliphatic carbocycles. The van der Waals surface area contributed by atoms with Gasteiger partial charge in [0.05, 0.1) is 13.1 Å². The van der Waals surface area contributed by atoms with Crippen LogP contribution in [0.1, 0.15) is 25.7 Å². The Hall–Kier alpha value is -2.91. The van der Waals surface area contributed by atoms with E-state index in [2.05, 4.69) is 15.4 Å². The predicted octanol–water partition coefficient (Wildman–Crippen LogP) is 5.34. The first-order valence-electron chi connectivity index (χ1n) is 10.6. The van der Waals surface area contributed by atoms with Crippen molar-refractivity contribution in [2.24, 2.45) is 0 Å². The molecule has 1 aliphatic heterocycles. The van der Waals surface area contributed by atoms with Crippen LogP contribution in [0.15, 0.2) is 60.9 Å². The number of ether oxygens (including phenoxy) is 1. The molecule has 1 saturated carbocycles. The second-order valence-electron chi connectivity index (χ2n) is 8.43. The quantitative estimate of drug-likeness (QED) is 0.500. The molecular formula is C23H25Cl2F2N5O2. The molecule has 0 atom stereocenters. The topological polar surface area (TPSA) is 72.3 Å². The third kappa shape index (κ3) is 5.10. The molecule has 1 N–H and O–H groups in total. The summed E-state index contributed by atoms with van der Waals surface area (Å²) in [5, 5.41) is 7.33. The van der Waals surface area contributed by atoms with E-state index in [1.165, 1.54) is 15.6 Å². The summed E-state index contributed by atoms with van der Waals surface area (Å²) in [5.74, 6) is 0.630. The molecule has 11 heteroatoms. The monoisotopic (exact) mass is 511 g/mol. The van der Waals surface area contributed by atoms with Crippen molar-refractivity contribution in [2.75, 3.05) is 23.3 Å². The third-order valence-corrected chi connectivity index (χ3v) is 6.23. The Bertz CT molecular complexity index is 1120. The summed E-state index contributed by atoms with van der Waals surface area (Å²) in [4.78, 5) is 18.1. The average Bonchev–Trinajstić information content (AvgIpc) is 3.41. The summed E-state index contributed by atoms with van der Waals surface area (Å²) >= 11 is 0. The number of anilines is 2. The van der Waals surface area contributed by atoms with Gasteiger partial charge in [-0.25, -0.2) is 23.2 Å². The molecule has 3 aromatic rings. The minimum atomic E-state index is -1.45. The van der Waals surface area contributed by atoms with E-state index >= 15 is 4.39 Å². The maximum atomic E-state index is 15.5. The highest BCUT2D eigenvalue weighted by atomic mass is 35.5. The first-order chi connectivity index (χ1) is 15.5. The molecule has 5 rings (SSSR count). The van der Waals surface area contributed by atoms with Gasteiger partial charge in [-0.2, -0.15) is 5.10 Å². The molecular weight excluding hydrogens is 487 g/mol. The zero-order valence-electron chi connectivity index (χ0n) is 18.2. The van der Waals surface area contributed by atoms with E-state index in [-0.39, 0.29) is 50.0 Å². The van der Waals surface area contributed by atoms with Crippen LogP contribution in [0.3, 0.4) is 0 Å². The Kier molecular flexibility index (Phi) is 7.67. The normalized spacial score (nSPS) is 23.7. The molecule has 0 unspecified atom stereocenters. The van der Waals surface area contributed by atoms with E-state index in [9.17, 15) is 9.18 Å². The lowest BCUT2D eigenvalue weighted by Gasteiger charge is -2.38. The van der Waals surface area contributed by atoms with Gasteiger partial charge < -0.3 is 10.1 Å². The molecule has 2 aliphatic rings. The minimum Gasteiger partial charge on any atom is -0.441 e. The van der Waals surface area contributed by atoms with Crippen molar-refractivity contribution in [3.63, 3.8) is 0 Å². The fraction of sp³-hybridized carbons (Fsp3) is 0.348. The minimum absolute atomic E-state index is 0. The van der Waals surface area contributed by atoms with Crippen molar-refractivity contribution in [1.29, 1.82) is 0 Å². The first kappa shape index (κ1) is 25.7. The van der Waals surface area contributed by atoms with E-state index in [4.69, 9.17) is 4.74 Å². The number of nitrogens with one attached hydrogen (secondary N) is 1. The van der Waals surface area contributed by atoms with Gasteiger partial charge in [0, 0.05) is 18.5 Å². The Labute approximate surface area is 208 Å². The van der Waals surface area contributed by atoms with Crippen LogP contribution in [0, 0.1) is 5.82 Å². The van der Waals surface area contributed by atoms with Crippen molar-refractivity contribution in [3.05, 3.63) is 66.7 Å². The molecule has 3 heterocycles. The van der Waals surface area contributed by atoms with Crippen LogP contribution < -0.4 is 10.2 Å². The van der Waals surface area contributed by atoms with Crippen LogP contribution in [-0.2, 0) is 4.74 Å². The molecule has 1 spiro atoms. The summed E-state index contributed by atoms with van der Waals surface area (Å²) < 4.78 is 36.5. The number of carbonyl (C=O) groups is 1. The number of hydrogen-bond donors (Lipinski definition) is 1. The fourth-order valence-corrected chi connectivity index (χ4v) is 4.34. The number of benzene rings is 1. The van der Waals surface area contributed by atoms with Gasteiger partial charge in [0.15, 0.2) is 0 Å². The van der Waals surface area contributed by atoms with Gasteiger partial charge in [-0.15, -0.1) is 24.8 Å². The maximum absolute atomic E-state index is 15.5. The number of aromatic nitrogens is 3. The van der Waals surface area contributed by atoms with E-state index in [1.54, 1.807) is 48.8 Å². The number of hydrogen-bond acceptors (Lipinski definition) is 5. The standard InChI is InChI=1S/C23H23F2N5O2.2ClH/c24-17-5-1-2-6-18(17)30-14-8-19(28-30)27-15-22(25)9-11-23(12-10-22)16-29(21(31)32-23)20-7-3-4-13-26-20;;/h1-8,13-14H,9-12,15-16H2,(H,27,28);2*1H. The van der Waals surface area contributed by atoms with Crippen LogP contribution in [0.4, 0.5) is 25.2 Å². The smallest absolute Gasteiger partial charge is 0.416 e. The van der Waals surface area contributed by atoms with Crippen molar-refractivity contribution >= 4 is 42.5 Å². The van der Waals surface area contributed by atoms with Crippen LogP contribution >= 0.6 is 24.8 Å². The van der Waals surface area contributed by atoms with E-state index in [0.29, 0.717) is 36.7 Å². The second kappa shape index (κ2) is 10.1. The highest BCUT2D eigenvalue weighted by molar-refractivity contribution is 5.89. The SMILES string of the molecule is Cl.Cl.O=C1OC2(CCC(F)(CNc3ccn(-c4ccccc4F)n3)CC2)CN1c1ccccn1. The summed E-state index contributed by atoms with van der Waals surface area (Å²) in [6.45, 7) is 0.453. The summed E-state index contributed by atoms with van der Waals surface area (Å²) in [5.41, 5.74) is -1.80. The number of alkyl halides is 1.